The van der Waals surface area contributed by atoms with Crippen LogP contribution in [0.1, 0.15) is 6.92 Å². The number of likely N-dealkylation sites (N-methyl/N-ethyl adjacent to an activating group) is 1. The average molecular weight is 502 g/mol. The van der Waals surface area contributed by atoms with Crippen LogP contribution in [0.25, 0.3) is 10.9 Å². The maximum atomic E-state index is 14.5. The molecule has 32 heavy (non-hydrogen) atoms. The van der Waals surface area contributed by atoms with Crippen LogP contribution in [0.3, 0.4) is 0 Å². The minimum atomic E-state index is -0.377. The minimum Gasteiger partial charge on any atom is -0.486 e. The van der Waals surface area contributed by atoms with Gasteiger partial charge in [0.1, 0.15) is 24.9 Å². The van der Waals surface area contributed by atoms with Gasteiger partial charge in [0.05, 0.1) is 15.7 Å². The van der Waals surface area contributed by atoms with Gasteiger partial charge in [-0.25, -0.2) is 14.4 Å². The summed E-state index contributed by atoms with van der Waals surface area (Å²) in [7, 11) is 2.16. The number of ether oxygens (including phenoxy) is 2. The number of anilines is 2. The Hall–Kier alpha value is -2.49. The standard InChI is InChI=1S/C23H25BrFN5O2/c1-14-10-29(2)6-7-30(14)11-15-12-31-20-9-19-16(8-21(20)32-15)23(27-13-26-19)28-18-5-3-4-17(24)22(18)25/h3-5,8-9,13-15H,6-7,10-12H2,1-2H3,(H,26,27,28)/t14-,15?/m0/s1. The fourth-order valence-electron chi connectivity index (χ4n) is 4.29. The summed E-state index contributed by atoms with van der Waals surface area (Å²) in [5.41, 5.74) is 1.03. The van der Waals surface area contributed by atoms with Crippen molar-refractivity contribution in [1.29, 1.82) is 0 Å². The molecule has 0 saturated carbocycles. The summed E-state index contributed by atoms with van der Waals surface area (Å²) in [5.74, 6) is 1.45. The second-order valence-corrected chi connectivity index (χ2v) is 9.28. The topological polar surface area (TPSA) is 62.8 Å². The first-order valence-electron chi connectivity index (χ1n) is 10.7. The van der Waals surface area contributed by atoms with E-state index in [-0.39, 0.29) is 11.9 Å². The normalized spacial score (nSPS) is 21.6. The molecule has 7 nitrogen and oxygen atoms in total. The van der Waals surface area contributed by atoms with E-state index in [0.717, 1.165) is 31.6 Å². The highest BCUT2D eigenvalue weighted by atomic mass is 79.9. The van der Waals surface area contributed by atoms with Gasteiger partial charge in [0.25, 0.3) is 0 Å². The van der Waals surface area contributed by atoms with Gasteiger partial charge in [0.15, 0.2) is 17.3 Å². The summed E-state index contributed by atoms with van der Waals surface area (Å²) in [5, 5.41) is 3.82. The summed E-state index contributed by atoms with van der Waals surface area (Å²) < 4.78 is 27.2. The van der Waals surface area contributed by atoms with Crippen LogP contribution in [0.2, 0.25) is 0 Å². The SMILES string of the molecule is C[C@H]1CN(C)CCN1CC1COc2cc3ncnc(Nc4cccc(Br)c4F)c3cc2O1. The van der Waals surface area contributed by atoms with Gasteiger partial charge in [-0.1, -0.05) is 6.07 Å². The maximum absolute atomic E-state index is 14.5. The predicted molar refractivity (Wildman–Crippen MR) is 125 cm³/mol. The highest BCUT2D eigenvalue weighted by molar-refractivity contribution is 9.10. The zero-order chi connectivity index (χ0) is 22.2. The number of hydrogen-bond acceptors (Lipinski definition) is 7. The molecule has 0 spiro atoms. The number of aromatic nitrogens is 2. The third-order valence-electron chi connectivity index (χ3n) is 6.03. The lowest BCUT2D eigenvalue weighted by Gasteiger charge is -2.40. The molecule has 2 aliphatic rings. The second-order valence-electron chi connectivity index (χ2n) is 8.42. The van der Waals surface area contributed by atoms with Crippen molar-refractivity contribution in [3.63, 3.8) is 0 Å². The quantitative estimate of drug-likeness (QED) is 0.578. The maximum Gasteiger partial charge on any atom is 0.163 e. The Morgan fingerprint density at radius 3 is 2.94 bits per heavy atom. The molecule has 2 aliphatic heterocycles. The minimum absolute atomic E-state index is 0.0608. The number of halogens is 2. The Morgan fingerprint density at radius 2 is 2.09 bits per heavy atom. The van der Waals surface area contributed by atoms with E-state index in [1.807, 2.05) is 12.1 Å². The molecule has 1 saturated heterocycles. The molecule has 5 rings (SSSR count). The molecule has 2 aromatic carbocycles. The van der Waals surface area contributed by atoms with E-state index in [4.69, 9.17) is 9.47 Å². The van der Waals surface area contributed by atoms with Gasteiger partial charge in [-0.2, -0.15) is 0 Å². The zero-order valence-corrected chi connectivity index (χ0v) is 19.6. The van der Waals surface area contributed by atoms with Crippen LogP contribution in [0.15, 0.2) is 41.1 Å². The van der Waals surface area contributed by atoms with Gasteiger partial charge in [0, 0.05) is 43.7 Å². The highest BCUT2D eigenvalue weighted by Crippen LogP contribution is 2.38. The van der Waals surface area contributed by atoms with Gasteiger partial charge in [0.2, 0.25) is 0 Å². The van der Waals surface area contributed by atoms with Crippen molar-refractivity contribution in [2.75, 3.05) is 45.2 Å². The van der Waals surface area contributed by atoms with E-state index in [9.17, 15) is 4.39 Å². The smallest absolute Gasteiger partial charge is 0.163 e. The lowest BCUT2D eigenvalue weighted by atomic mass is 10.1. The molecule has 0 amide bonds. The molecule has 168 valence electrons. The van der Waals surface area contributed by atoms with E-state index in [2.05, 4.69) is 55.0 Å². The first-order chi connectivity index (χ1) is 15.5. The predicted octanol–water partition coefficient (Wildman–Crippen LogP) is 4.05. The summed E-state index contributed by atoms with van der Waals surface area (Å²) in [6.07, 6.45) is 1.39. The van der Waals surface area contributed by atoms with E-state index in [0.29, 0.717) is 45.6 Å². The van der Waals surface area contributed by atoms with Crippen LogP contribution in [-0.4, -0.2) is 71.7 Å². The van der Waals surface area contributed by atoms with Crippen LogP contribution in [-0.2, 0) is 0 Å². The summed E-state index contributed by atoms with van der Waals surface area (Å²) >= 11 is 3.22. The van der Waals surface area contributed by atoms with Crippen LogP contribution < -0.4 is 14.8 Å². The molecule has 1 unspecified atom stereocenters. The van der Waals surface area contributed by atoms with E-state index in [1.165, 1.54) is 6.33 Å². The molecular weight excluding hydrogens is 477 g/mol. The third kappa shape index (κ3) is 4.24. The van der Waals surface area contributed by atoms with E-state index in [1.54, 1.807) is 18.2 Å². The molecule has 1 N–H and O–H groups in total. The first-order valence-corrected chi connectivity index (χ1v) is 11.5. The molecule has 3 heterocycles. The molecule has 0 bridgehead atoms. The average Bonchev–Trinajstić information content (AvgIpc) is 2.78. The molecule has 2 atom stereocenters. The molecule has 1 aromatic heterocycles. The Balaban J connectivity index is 1.40. The molecular formula is C23H25BrFN5O2. The van der Waals surface area contributed by atoms with Gasteiger partial charge >= 0.3 is 0 Å². The zero-order valence-electron chi connectivity index (χ0n) is 18.0. The van der Waals surface area contributed by atoms with Gasteiger partial charge in [-0.3, -0.25) is 4.90 Å². The highest BCUT2D eigenvalue weighted by Gasteiger charge is 2.28. The fourth-order valence-corrected chi connectivity index (χ4v) is 4.66. The molecule has 0 aliphatic carbocycles. The molecule has 1 fully saturated rings. The number of fused-ring (bicyclic) bond motifs is 2. The van der Waals surface area contributed by atoms with E-state index < -0.39 is 0 Å². The Bertz CT molecular complexity index is 1150. The van der Waals surface area contributed by atoms with Crippen molar-refractivity contribution < 1.29 is 13.9 Å². The largest absolute Gasteiger partial charge is 0.486 e. The van der Waals surface area contributed by atoms with Crippen molar-refractivity contribution in [2.45, 2.75) is 19.1 Å². The number of nitrogens with zero attached hydrogens (tertiary/aromatic N) is 4. The number of rotatable bonds is 4. The Labute approximate surface area is 194 Å². The van der Waals surface area contributed by atoms with Gasteiger partial charge in [-0.05, 0) is 48.1 Å². The van der Waals surface area contributed by atoms with Crippen LogP contribution in [0, 0.1) is 5.82 Å². The Morgan fingerprint density at radius 1 is 1.22 bits per heavy atom. The van der Waals surface area contributed by atoms with Crippen molar-refractivity contribution in [3.05, 3.63) is 46.9 Å². The van der Waals surface area contributed by atoms with Gasteiger partial charge in [-0.15, -0.1) is 0 Å². The van der Waals surface area contributed by atoms with E-state index >= 15 is 0 Å². The summed E-state index contributed by atoms with van der Waals surface area (Å²) in [4.78, 5) is 13.5. The molecule has 3 aromatic rings. The molecule has 0 radical (unpaired) electrons. The third-order valence-corrected chi connectivity index (χ3v) is 6.64. The summed E-state index contributed by atoms with van der Waals surface area (Å²) in [6, 6.07) is 9.29. The van der Waals surface area contributed by atoms with Crippen molar-refractivity contribution in [2.24, 2.45) is 0 Å². The number of piperazine rings is 1. The first kappa shape index (κ1) is 21.4. The number of hydrogen-bond donors (Lipinski definition) is 1. The summed E-state index contributed by atoms with van der Waals surface area (Å²) in [6.45, 7) is 6.67. The van der Waals surface area contributed by atoms with Crippen molar-refractivity contribution in [3.8, 4) is 11.5 Å². The van der Waals surface area contributed by atoms with Crippen LogP contribution in [0.4, 0.5) is 15.9 Å². The lowest BCUT2D eigenvalue weighted by Crippen LogP contribution is -2.54. The molecule has 9 heteroatoms. The monoisotopic (exact) mass is 501 g/mol. The van der Waals surface area contributed by atoms with Crippen LogP contribution >= 0.6 is 15.9 Å². The number of nitrogens with one attached hydrogen (secondary N) is 1. The van der Waals surface area contributed by atoms with Gasteiger partial charge < -0.3 is 19.7 Å². The Kier molecular flexibility index (Phi) is 5.88. The lowest BCUT2D eigenvalue weighted by molar-refractivity contribution is 0.0238. The number of benzene rings is 2. The van der Waals surface area contributed by atoms with Crippen molar-refractivity contribution in [1.82, 2.24) is 19.8 Å². The second kappa shape index (κ2) is 8.80. The fraction of sp³-hybridized carbons (Fsp3) is 0.391. The van der Waals surface area contributed by atoms with Crippen LogP contribution in [0.5, 0.6) is 11.5 Å². The van der Waals surface area contributed by atoms with Crippen molar-refractivity contribution >= 4 is 38.3 Å².